The molecule has 0 saturated carbocycles. The minimum atomic E-state index is -3.74. The highest BCUT2D eigenvalue weighted by Crippen LogP contribution is 2.26. The molecule has 0 bridgehead atoms. The van der Waals surface area contributed by atoms with E-state index in [-0.39, 0.29) is 6.42 Å². The monoisotopic (exact) mass is 432 g/mol. The molecule has 8 heteroatoms. The molecule has 0 aliphatic heterocycles. The summed E-state index contributed by atoms with van der Waals surface area (Å²) >= 11 is 0. The molecule has 2 rings (SSSR count). The molecule has 0 unspecified atom stereocenters. The number of ether oxygens (including phenoxy) is 1. The van der Waals surface area contributed by atoms with Crippen LogP contribution < -0.4 is 9.62 Å². The molecule has 7 nitrogen and oxygen atoms in total. The Morgan fingerprint density at radius 3 is 2.17 bits per heavy atom. The number of amides is 1. The summed E-state index contributed by atoms with van der Waals surface area (Å²) in [6.45, 7) is 7.29. The van der Waals surface area contributed by atoms with E-state index in [2.05, 4.69) is 5.32 Å². The molecule has 1 atom stereocenters. The van der Waals surface area contributed by atoms with Crippen molar-refractivity contribution in [3.63, 3.8) is 0 Å². The summed E-state index contributed by atoms with van der Waals surface area (Å²) in [6.07, 6.45) is 1.35. The quantitative estimate of drug-likeness (QED) is 0.675. The number of hydrogen-bond acceptors (Lipinski definition) is 5. The fourth-order valence-electron chi connectivity index (χ4n) is 3.36. The van der Waals surface area contributed by atoms with E-state index in [1.807, 2.05) is 19.9 Å². The van der Waals surface area contributed by atoms with Crippen molar-refractivity contribution in [3.8, 4) is 0 Å². The van der Waals surface area contributed by atoms with Crippen LogP contribution in [0, 0.1) is 20.8 Å². The van der Waals surface area contributed by atoms with Gasteiger partial charge in [0, 0.05) is 5.69 Å². The first kappa shape index (κ1) is 23.4. The topological polar surface area (TPSA) is 92.8 Å². The van der Waals surface area contributed by atoms with Gasteiger partial charge in [-0.1, -0.05) is 19.1 Å². The minimum absolute atomic E-state index is 0.266. The second kappa shape index (κ2) is 9.30. The zero-order valence-electron chi connectivity index (χ0n) is 18.1. The second-order valence-electron chi connectivity index (χ2n) is 7.34. The van der Waals surface area contributed by atoms with Crippen LogP contribution in [0.25, 0.3) is 0 Å². The van der Waals surface area contributed by atoms with Gasteiger partial charge < -0.3 is 10.1 Å². The van der Waals surface area contributed by atoms with Crippen LogP contribution in [-0.2, 0) is 19.6 Å². The lowest BCUT2D eigenvalue weighted by atomic mass is 10.1. The molecular weight excluding hydrogens is 404 g/mol. The predicted molar refractivity (Wildman–Crippen MR) is 118 cm³/mol. The van der Waals surface area contributed by atoms with Gasteiger partial charge in [-0.05, 0) is 68.1 Å². The van der Waals surface area contributed by atoms with Crippen molar-refractivity contribution in [2.45, 2.75) is 40.2 Å². The molecule has 1 amide bonds. The van der Waals surface area contributed by atoms with Gasteiger partial charge in [-0.3, -0.25) is 9.10 Å². The SMILES string of the molecule is CC[C@H](C(=O)Nc1cc(C(=O)OC)ccc1C)N(c1cc(C)cc(C)c1)S(C)(=O)=O. The molecule has 2 aromatic rings. The van der Waals surface area contributed by atoms with E-state index in [9.17, 15) is 18.0 Å². The van der Waals surface area contributed by atoms with Crippen LogP contribution in [0.2, 0.25) is 0 Å². The van der Waals surface area contributed by atoms with Crippen LogP contribution >= 0.6 is 0 Å². The van der Waals surface area contributed by atoms with Crippen LogP contribution in [0.1, 0.15) is 40.4 Å². The summed E-state index contributed by atoms with van der Waals surface area (Å²) in [4.78, 5) is 25.0. The molecule has 2 aromatic carbocycles. The Hall–Kier alpha value is -2.87. The lowest BCUT2D eigenvalue weighted by Gasteiger charge is -2.30. The van der Waals surface area contributed by atoms with E-state index in [0.717, 1.165) is 27.3 Å². The number of methoxy groups -OCH3 is 1. The highest BCUT2D eigenvalue weighted by molar-refractivity contribution is 7.92. The number of hydrogen-bond donors (Lipinski definition) is 1. The molecule has 0 fully saturated rings. The number of nitrogens with one attached hydrogen (secondary N) is 1. The van der Waals surface area contributed by atoms with Gasteiger partial charge in [-0.25, -0.2) is 13.2 Å². The van der Waals surface area contributed by atoms with E-state index >= 15 is 0 Å². The third kappa shape index (κ3) is 5.38. The summed E-state index contributed by atoms with van der Waals surface area (Å²) in [6, 6.07) is 9.29. The Bertz CT molecular complexity index is 1040. The normalized spacial score (nSPS) is 12.2. The molecule has 162 valence electrons. The van der Waals surface area contributed by atoms with Crippen LogP contribution in [0.5, 0.6) is 0 Å². The lowest BCUT2D eigenvalue weighted by Crippen LogP contribution is -2.47. The zero-order chi connectivity index (χ0) is 22.6. The van der Waals surface area contributed by atoms with E-state index in [1.54, 1.807) is 38.1 Å². The first-order chi connectivity index (χ1) is 14.0. The number of anilines is 2. The van der Waals surface area contributed by atoms with Gasteiger partial charge in [0.05, 0.1) is 24.6 Å². The Kier molecular flexibility index (Phi) is 7.25. The Balaban J connectivity index is 2.45. The molecule has 0 radical (unpaired) electrons. The van der Waals surface area contributed by atoms with Crippen molar-refractivity contribution >= 4 is 33.3 Å². The summed E-state index contributed by atoms with van der Waals surface area (Å²) in [5, 5.41) is 2.78. The van der Waals surface area contributed by atoms with E-state index in [4.69, 9.17) is 4.74 Å². The van der Waals surface area contributed by atoms with Gasteiger partial charge in [0.15, 0.2) is 0 Å². The average Bonchev–Trinajstić information content (AvgIpc) is 2.64. The van der Waals surface area contributed by atoms with Crippen molar-refractivity contribution in [2.24, 2.45) is 0 Å². The molecule has 0 spiro atoms. The maximum absolute atomic E-state index is 13.1. The second-order valence-corrected chi connectivity index (χ2v) is 9.20. The molecule has 0 aromatic heterocycles. The predicted octanol–water partition coefficient (Wildman–Crippen LogP) is 3.58. The minimum Gasteiger partial charge on any atom is -0.465 e. The molecule has 0 saturated heterocycles. The van der Waals surface area contributed by atoms with Crippen LogP contribution in [0.3, 0.4) is 0 Å². The Morgan fingerprint density at radius 1 is 1.07 bits per heavy atom. The zero-order valence-corrected chi connectivity index (χ0v) is 19.0. The molecular formula is C22H28N2O5S. The number of nitrogens with zero attached hydrogens (tertiary/aromatic N) is 1. The third-order valence-corrected chi connectivity index (χ3v) is 5.89. The van der Waals surface area contributed by atoms with E-state index < -0.39 is 27.9 Å². The maximum atomic E-state index is 13.1. The Morgan fingerprint density at radius 2 is 1.67 bits per heavy atom. The van der Waals surface area contributed by atoms with Crippen LogP contribution in [-0.4, -0.2) is 39.7 Å². The number of esters is 1. The number of carbonyl (C=O) groups is 2. The first-order valence-corrected chi connectivity index (χ1v) is 11.4. The van der Waals surface area contributed by atoms with Crippen LogP contribution in [0.15, 0.2) is 36.4 Å². The van der Waals surface area contributed by atoms with Crippen molar-refractivity contribution in [1.29, 1.82) is 0 Å². The maximum Gasteiger partial charge on any atom is 0.337 e. The van der Waals surface area contributed by atoms with Crippen molar-refractivity contribution in [2.75, 3.05) is 23.0 Å². The number of aryl methyl sites for hydroxylation is 3. The van der Waals surface area contributed by atoms with Crippen molar-refractivity contribution in [1.82, 2.24) is 0 Å². The van der Waals surface area contributed by atoms with Gasteiger partial charge in [0.25, 0.3) is 0 Å². The lowest BCUT2D eigenvalue weighted by molar-refractivity contribution is -0.117. The standard InChI is InChI=1S/C22H28N2O5S/c1-7-20(24(30(6,27)28)18-11-14(2)10-15(3)12-18)21(25)23-19-13-17(22(26)29-5)9-8-16(19)4/h8-13,20H,7H2,1-6H3,(H,23,25)/t20-/m1/s1. The smallest absolute Gasteiger partial charge is 0.337 e. The number of benzene rings is 2. The van der Waals surface area contributed by atoms with Gasteiger partial charge in [0.2, 0.25) is 15.9 Å². The fourth-order valence-corrected chi connectivity index (χ4v) is 4.55. The van der Waals surface area contributed by atoms with Gasteiger partial charge >= 0.3 is 5.97 Å². The van der Waals surface area contributed by atoms with E-state index in [0.29, 0.717) is 16.9 Å². The highest BCUT2D eigenvalue weighted by atomic mass is 32.2. The summed E-state index contributed by atoms with van der Waals surface area (Å²) in [7, 11) is -2.46. The fraction of sp³-hybridized carbons (Fsp3) is 0.364. The summed E-state index contributed by atoms with van der Waals surface area (Å²) < 4.78 is 31.2. The molecule has 0 aliphatic carbocycles. The summed E-state index contributed by atoms with van der Waals surface area (Å²) in [5.74, 6) is -1.00. The van der Waals surface area contributed by atoms with Crippen molar-refractivity contribution < 1.29 is 22.7 Å². The third-order valence-electron chi connectivity index (χ3n) is 4.71. The molecule has 0 aliphatic rings. The van der Waals surface area contributed by atoms with Crippen LogP contribution in [0.4, 0.5) is 11.4 Å². The first-order valence-electron chi connectivity index (χ1n) is 9.55. The molecule has 1 N–H and O–H groups in total. The van der Waals surface area contributed by atoms with Gasteiger partial charge in [0.1, 0.15) is 6.04 Å². The van der Waals surface area contributed by atoms with E-state index in [1.165, 1.54) is 13.2 Å². The highest BCUT2D eigenvalue weighted by Gasteiger charge is 2.32. The number of sulfonamides is 1. The summed E-state index contributed by atoms with van der Waals surface area (Å²) in [5.41, 5.74) is 3.70. The van der Waals surface area contributed by atoms with Gasteiger partial charge in [-0.2, -0.15) is 0 Å². The number of rotatable bonds is 7. The largest absolute Gasteiger partial charge is 0.465 e. The number of carbonyl (C=O) groups excluding carboxylic acids is 2. The van der Waals surface area contributed by atoms with Gasteiger partial charge in [-0.15, -0.1) is 0 Å². The molecule has 30 heavy (non-hydrogen) atoms. The average molecular weight is 433 g/mol. The van der Waals surface area contributed by atoms with Crippen molar-refractivity contribution in [3.05, 3.63) is 58.7 Å². The molecule has 0 heterocycles. The Labute approximate surface area is 178 Å².